The van der Waals surface area contributed by atoms with E-state index in [1.54, 1.807) is 17.1 Å². The predicted octanol–water partition coefficient (Wildman–Crippen LogP) is 6.19. The van der Waals surface area contributed by atoms with Crippen LogP contribution >= 0.6 is 0 Å². The highest BCUT2D eigenvalue weighted by Crippen LogP contribution is 2.27. The molecule has 3 nitrogen and oxygen atoms in total. The highest BCUT2D eigenvalue weighted by atomic mass is 15.4. The number of aryl methyl sites for hydroxylation is 1. The summed E-state index contributed by atoms with van der Waals surface area (Å²) < 4.78 is 0. The van der Waals surface area contributed by atoms with Crippen molar-refractivity contribution in [1.29, 1.82) is 5.26 Å². The summed E-state index contributed by atoms with van der Waals surface area (Å²) in [4.78, 5) is 0. The van der Waals surface area contributed by atoms with Crippen LogP contribution in [-0.4, -0.2) is 0 Å². The van der Waals surface area contributed by atoms with Gasteiger partial charge in [0.05, 0.1) is 23.0 Å². The lowest BCUT2D eigenvalue weighted by molar-refractivity contribution is 0.445. The fourth-order valence-corrected chi connectivity index (χ4v) is 3.39. The molecule has 27 heavy (non-hydrogen) atoms. The van der Waals surface area contributed by atoms with Crippen LogP contribution in [0.1, 0.15) is 62.6 Å². The van der Waals surface area contributed by atoms with Crippen LogP contribution < -0.4 is 10.9 Å². The molecule has 0 amide bonds. The van der Waals surface area contributed by atoms with E-state index in [-0.39, 0.29) is 0 Å². The summed E-state index contributed by atoms with van der Waals surface area (Å²) in [5.74, 6) is 7.21. The highest BCUT2D eigenvalue weighted by Gasteiger charge is 2.13. The lowest BCUT2D eigenvalue weighted by atomic mass is 9.93. The molecule has 0 atom stereocenters. The van der Waals surface area contributed by atoms with Gasteiger partial charge in [0.2, 0.25) is 0 Å². The van der Waals surface area contributed by atoms with Gasteiger partial charge in [-0.3, -0.25) is 5.01 Å². The molecule has 0 spiro atoms. The van der Waals surface area contributed by atoms with E-state index >= 15 is 0 Å². The standard InChI is InChI=1S/C24H31N3/c1-4-6-20(7-5-2)12-17-24(22-13-8-19(3)9-14-22)27(26)23-15-10-21(18-25)11-16-23/h8-11,13-17,20H,4-7,12,26H2,1-3H3/b24-17-. The zero-order valence-corrected chi connectivity index (χ0v) is 16.8. The van der Waals surface area contributed by atoms with Crippen LogP contribution in [0, 0.1) is 24.2 Å². The zero-order valence-electron chi connectivity index (χ0n) is 16.8. The van der Waals surface area contributed by atoms with Crippen LogP contribution in [0.3, 0.4) is 0 Å². The van der Waals surface area contributed by atoms with Gasteiger partial charge in [-0.25, -0.2) is 5.84 Å². The number of hydrogen-bond acceptors (Lipinski definition) is 3. The van der Waals surface area contributed by atoms with Gasteiger partial charge in [-0.05, 0) is 49.1 Å². The molecule has 0 saturated carbocycles. The minimum atomic E-state index is 0.638. The summed E-state index contributed by atoms with van der Waals surface area (Å²) in [6.45, 7) is 6.59. The molecule has 2 N–H and O–H groups in total. The van der Waals surface area contributed by atoms with Crippen LogP contribution in [0.4, 0.5) is 5.69 Å². The molecule has 0 radical (unpaired) electrons. The molecule has 2 aromatic carbocycles. The van der Waals surface area contributed by atoms with Crippen molar-refractivity contribution in [3.05, 3.63) is 71.3 Å². The molecular weight excluding hydrogens is 330 g/mol. The molecule has 2 aromatic rings. The number of hydrogen-bond donors (Lipinski definition) is 1. The summed E-state index contributed by atoms with van der Waals surface area (Å²) in [6, 6.07) is 18.0. The van der Waals surface area contributed by atoms with Gasteiger partial charge in [-0.15, -0.1) is 0 Å². The van der Waals surface area contributed by atoms with Gasteiger partial charge >= 0.3 is 0 Å². The van der Waals surface area contributed by atoms with Crippen molar-refractivity contribution in [1.82, 2.24) is 0 Å². The van der Waals surface area contributed by atoms with Crippen LogP contribution in [0.25, 0.3) is 5.70 Å². The van der Waals surface area contributed by atoms with E-state index in [0.29, 0.717) is 11.5 Å². The molecule has 0 bridgehead atoms. The van der Waals surface area contributed by atoms with E-state index < -0.39 is 0 Å². The third-order valence-electron chi connectivity index (χ3n) is 4.92. The number of nitriles is 1. The summed E-state index contributed by atoms with van der Waals surface area (Å²) >= 11 is 0. The fraction of sp³-hybridized carbons (Fsp3) is 0.375. The van der Waals surface area contributed by atoms with E-state index in [2.05, 4.69) is 57.2 Å². The van der Waals surface area contributed by atoms with E-state index in [0.717, 1.165) is 23.4 Å². The van der Waals surface area contributed by atoms with Crippen LogP contribution in [-0.2, 0) is 0 Å². The molecule has 0 aliphatic rings. The second kappa shape index (κ2) is 10.5. The molecule has 142 valence electrons. The Morgan fingerprint density at radius 3 is 2.15 bits per heavy atom. The topological polar surface area (TPSA) is 53.0 Å². The van der Waals surface area contributed by atoms with Crippen molar-refractivity contribution >= 4 is 11.4 Å². The molecular formula is C24H31N3. The third kappa shape index (κ3) is 5.98. The van der Waals surface area contributed by atoms with Gasteiger partial charge < -0.3 is 0 Å². The second-order valence-corrected chi connectivity index (χ2v) is 7.16. The quantitative estimate of drug-likeness (QED) is 0.427. The lowest BCUT2D eigenvalue weighted by Gasteiger charge is -2.24. The monoisotopic (exact) mass is 361 g/mol. The summed E-state index contributed by atoms with van der Waals surface area (Å²) in [7, 11) is 0. The zero-order chi connectivity index (χ0) is 19.6. The van der Waals surface area contributed by atoms with Gasteiger partial charge in [-0.2, -0.15) is 5.26 Å². The Morgan fingerprint density at radius 1 is 1.04 bits per heavy atom. The SMILES string of the molecule is CCCC(C/C=C(/c1ccc(C)cc1)N(N)c1ccc(C#N)cc1)CCC. The molecule has 2 rings (SSSR count). The number of anilines is 1. The first-order valence-electron chi connectivity index (χ1n) is 9.91. The van der Waals surface area contributed by atoms with Crippen LogP contribution in [0.5, 0.6) is 0 Å². The maximum absolute atomic E-state index is 9.02. The minimum absolute atomic E-state index is 0.638. The Bertz CT molecular complexity index is 761. The number of nitrogens with zero attached hydrogens (tertiary/aromatic N) is 2. The van der Waals surface area contributed by atoms with E-state index in [9.17, 15) is 0 Å². The van der Waals surface area contributed by atoms with Crippen molar-refractivity contribution in [3.8, 4) is 6.07 Å². The van der Waals surface area contributed by atoms with Crippen molar-refractivity contribution in [2.45, 2.75) is 52.9 Å². The molecule has 0 saturated heterocycles. The normalized spacial score (nSPS) is 11.5. The van der Waals surface area contributed by atoms with E-state index in [4.69, 9.17) is 11.1 Å². The van der Waals surface area contributed by atoms with Crippen molar-refractivity contribution in [3.63, 3.8) is 0 Å². The average Bonchev–Trinajstić information content (AvgIpc) is 2.69. The van der Waals surface area contributed by atoms with Gasteiger partial charge in [-0.1, -0.05) is 75.4 Å². The summed E-state index contributed by atoms with van der Waals surface area (Å²) in [5, 5.41) is 10.8. The first-order chi connectivity index (χ1) is 13.1. The third-order valence-corrected chi connectivity index (χ3v) is 4.92. The van der Waals surface area contributed by atoms with E-state index in [1.807, 2.05) is 12.1 Å². The van der Waals surface area contributed by atoms with Gasteiger partial charge in [0.25, 0.3) is 0 Å². The molecule has 0 aliphatic heterocycles. The molecule has 0 aliphatic carbocycles. The first-order valence-corrected chi connectivity index (χ1v) is 9.91. The maximum atomic E-state index is 9.02. The fourth-order valence-electron chi connectivity index (χ4n) is 3.39. The molecule has 3 heteroatoms. The average molecular weight is 362 g/mol. The van der Waals surface area contributed by atoms with Gasteiger partial charge in [0, 0.05) is 0 Å². The van der Waals surface area contributed by atoms with Crippen molar-refractivity contribution in [2.75, 3.05) is 5.01 Å². The van der Waals surface area contributed by atoms with Crippen molar-refractivity contribution in [2.24, 2.45) is 11.8 Å². The number of hydrazine groups is 1. The van der Waals surface area contributed by atoms with Gasteiger partial charge in [0.1, 0.15) is 0 Å². The number of nitrogens with two attached hydrogens (primary N) is 1. The van der Waals surface area contributed by atoms with Crippen LogP contribution in [0.15, 0.2) is 54.6 Å². The second-order valence-electron chi connectivity index (χ2n) is 7.16. The minimum Gasteiger partial charge on any atom is -0.279 e. The number of rotatable bonds is 9. The Kier molecular flexibility index (Phi) is 8.10. The maximum Gasteiger partial charge on any atom is 0.0991 e. The Labute approximate surface area is 164 Å². The highest BCUT2D eigenvalue weighted by molar-refractivity contribution is 5.78. The predicted molar refractivity (Wildman–Crippen MR) is 115 cm³/mol. The molecule has 0 fully saturated rings. The smallest absolute Gasteiger partial charge is 0.0991 e. The Hall–Kier alpha value is -2.57. The Balaban J connectivity index is 2.34. The molecule has 0 heterocycles. The largest absolute Gasteiger partial charge is 0.279 e. The lowest BCUT2D eigenvalue weighted by Crippen LogP contribution is -2.29. The molecule has 0 aromatic heterocycles. The number of benzene rings is 2. The summed E-state index contributed by atoms with van der Waals surface area (Å²) in [6.07, 6.45) is 8.20. The van der Waals surface area contributed by atoms with Crippen molar-refractivity contribution < 1.29 is 0 Å². The first kappa shape index (κ1) is 20.7. The Morgan fingerprint density at radius 2 is 1.63 bits per heavy atom. The van der Waals surface area contributed by atoms with E-state index in [1.165, 1.54) is 31.2 Å². The summed E-state index contributed by atoms with van der Waals surface area (Å²) in [5.41, 5.74) is 4.87. The number of allylic oxidation sites excluding steroid dienone is 1. The van der Waals surface area contributed by atoms with Crippen LogP contribution in [0.2, 0.25) is 0 Å². The van der Waals surface area contributed by atoms with Gasteiger partial charge in [0.15, 0.2) is 0 Å². The molecule has 0 unspecified atom stereocenters.